The number of carbonyl (C=O) groups excluding carboxylic acids is 1. The highest BCUT2D eigenvalue weighted by atomic mass is 16.5. The first-order valence-electron chi connectivity index (χ1n) is 6.39. The number of H-pyrrole nitrogens is 1. The van der Waals surface area contributed by atoms with Gasteiger partial charge in [0.25, 0.3) is 0 Å². The molecule has 0 unspecified atom stereocenters. The summed E-state index contributed by atoms with van der Waals surface area (Å²) in [6, 6.07) is 5.51. The van der Waals surface area contributed by atoms with Crippen LogP contribution in [-0.2, 0) is 16.0 Å². The predicted molar refractivity (Wildman–Crippen MR) is 75.8 cm³/mol. The molecule has 0 saturated heterocycles. The van der Waals surface area contributed by atoms with Crippen molar-refractivity contribution in [3.63, 3.8) is 0 Å². The van der Waals surface area contributed by atoms with Crippen LogP contribution in [0, 0.1) is 0 Å². The van der Waals surface area contributed by atoms with Crippen LogP contribution in [-0.4, -0.2) is 28.6 Å². The minimum atomic E-state index is -0.215. The van der Waals surface area contributed by atoms with E-state index in [9.17, 15) is 4.79 Å². The van der Waals surface area contributed by atoms with Gasteiger partial charge in [-0.1, -0.05) is 17.3 Å². The van der Waals surface area contributed by atoms with Crippen molar-refractivity contribution in [3.05, 3.63) is 35.5 Å². The molecule has 1 aromatic heterocycles. The highest BCUT2D eigenvalue weighted by Gasteiger charge is 2.11. The van der Waals surface area contributed by atoms with Crippen molar-refractivity contribution in [1.82, 2.24) is 4.98 Å². The van der Waals surface area contributed by atoms with Gasteiger partial charge >= 0.3 is 5.97 Å². The number of carbonyl (C=O) groups is 1. The third-order valence-corrected chi connectivity index (χ3v) is 3.10. The van der Waals surface area contributed by atoms with Gasteiger partial charge in [-0.15, -0.1) is 0 Å². The summed E-state index contributed by atoms with van der Waals surface area (Å²) in [6.45, 7) is 2.17. The lowest BCUT2D eigenvalue weighted by atomic mass is 10.0. The highest BCUT2D eigenvalue weighted by molar-refractivity contribution is 6.08. The van der Waals surface area contributed by atoms with E-state index in [-0.39, 0.29) is 11.8 Å². The molecule has 6 heteroatoms. The molecule has 0 spiro atoms. The van der Waals surface area contributed by atoms with E-state index in [1.165, 1.54) is 0 Å². The molecule has 1 aromatic carbocycles. The molecule has 20 heavy (non-hydrogen) atoms. The predicted octanol–water partition coefficient (Wildman–Crippen LogP) is 1.76. The molecule has 2 rings (SSSR count). The van der Waals surface area contributed by atoms with Crippen LogP contribution in [0.1, 0.15) is 24.5 Å². The van der Waals surface area contributed by atoms with E-state index >= 15 is 0 Å². The zero-order valence-electron chi connectivity index (χ0n) is 11.2. The van der Waals surface area contributed by atoms with E-state index in [4.69, 9.17) is 15.7 Å². The van der Waals surface area contributed by atoms with E-state index < -0.39 is 0 Å². The molecule has 106 valence electrons. The van der Waals surface area contributed by atoms with E-state index in [2.05, 4.69) is 10.1 Å². The van der Waals surface area contributed by atoms with Gasteiger partial charge in [-0.3, -0.25) is 4.79 Å². The summed E-state index contributed by atoms with van der Waals surface area (Å²) in [7, 11) is 0. The number of rotatable bonds is 5. The molecule has 0 radical (unpaired) electrons. The number of nitrogens with one attached hydrogen (secondary N) is 1. The third kappa shape index (κ3) is 2.74. The summed E-state index contributed by atoms with van der Waals surface area (Å²) in [5.74, 6) is -0.153. The van der Waals surface area contributed by atoms with Crippen LogP contribution in [0.3, 0.4) is 0 Å². The number of esters is 1. The third-order valence-electron chi connectivity index (χ3n) is 3.10. The van der Waals surface area contributed by atoms with Crippen LogP contribution in [0.4, 0.5) is 0 Å². The normalized spacial score (nSPS) is 11.8. The van der Waals surface area contributed by atoms with Gasteiger partial charge in [0.2, 0.25) is 0 Å². The quantitative estimate of drug-likeness (QED) is 0.254. The Morgan fingerprint density at radius 2 is 2.25 bits per heavy atom. The molecule has 0 aliphatic rings. The minimum Gasteiger partial charge on any atom is -0.466 e. The number of nitrogens with two attached hydrogens (primary N) is 1. The second kappa shape index (κ2) is 6.10. The Morgan fingerprint density at radius 3 is 2.95 bits per heavy atom. The standard InChI is InChI=1S/C14H17N3O3/c1-2-20-12(18)6-4-9-3-5-11(14(15)17-19)10-7-8-16-13(9)10/h3,5,7-8,16,19H,2,4,6H2,1H3,(H2,15,17). The molecule has 0 fully saturated rings. The van der Waals surface area contributed by atoms with Gasteiger partial charge in [0.05, 0.1) is 6.61 Å². The molecule has 2 aromatic rings. The first-order valence-corrected chi connectivity index (χ1v) is 6.39. The van der Waals surface area contributed by atoms with Gasteiger partial charge in [0, 0.05) is 29.1 Å². The van der Waals surface area contributed by atoms with Crippen LogP contribution >= 0.6 is 0 Å². The highest BCUT2D eigenvalue weighted by Crippen LogP contribution is 2.23. The summed E-state index contributed by atoms with van der Waals surface area (Å²) in [5, 5.41) is 12.7. The smallest absolute Gasteiger partial charge is 0.306 e. The first kappa shape index (κ1) is 13.9. The molecule has 1 heterocycles. The van der Waals surface area contributed by atoms with E-state index in [0.29, 0.717) is 25.0 Å². The Balaban J connectivity index is 2.28. The Kier molecular flexibility index (Phi) is 4.24. The number of ether oxygens (including phenoxy) is 1. The largest absolute Gasteiger partial charge is 0.466 e. The van der Waals surface area contributed by atoms with E-state index in [1.807, 2.05) is 12.1 Å². The molecule has 0 aliphatic carbocycles. The average molecular weight is 275 g/mol. The minimum absolute atomic E-state index is 0.0616. The fraction of sp³-hybridized carbons (Fsp3) is 0.286. The number of amidine groups is 1. The Bertz CT molecular complexity index is 646. The van der Waals surface area contributed by atoms with Crippen molar-refractivity contribution in [3.8, 4) is 0 Å². The molecular formula is C14H17N3O3. The molecule has 4 N–H and O–H groups in total. The molecule has 0 saturated carbocycles. The molecule has 0 bridgehead atoms. The second-order valence-corrected chi connectivity index (χ2v) is 4.33. The number of aromatic amines is 1. The summed E-state index contributed by atoms with van der Waals surface area (Å²) >= 11 is 0. The van der Waals surface area contributed by atoms with Gasteiger partial charge in [0.15, 0.2) is 5.84 Å². The van der Waals surface area contributed by atoms with Gasteiger partial charge in [-0.25, -0.2) is 0 Å². The maximum atomic E-state index is 11.4. The lowest BCUT2D eigenvalue weighted by molar-refractivity contribution is -0.143. The van der Waals surface area contributed by atoms with Crippen molar-refractivity contribution < 1.29 is 14.7 Å². The fourth-order valence-electron chi connectivity index (χ4n) is 2.17. The second-order valence-electron chi connectivity index (χ2n) is 4.33. The maximum Gasteiger partial charge on any atom is 0.306 e. The number of benzene rings is 1. The van der Waals surface area contributed by atoms with E-state index in [0.717, 1.165) is 16.5 Å². The molecule has 0 amide bonds. The SMILES string of the molecule is CCOC(=O)CCc1ccc(C(N)=NO)c2cc[nH]c12. The van der Waals surface area contributed by atoms with E-state index in [1.54, 1.807) is 19.2 Å². The average Bonchev–Trinajstić information content (AvgIpc) is 2.93. The summed E-state index contributed by atoms with van der Waals surface area (Å²) < 4.78 is 4.92. The summed E-state index contributed by atoms with van der Waals surface area (Å²) in [4.78, 5) is 14.5. The van der Waals surface area contributed by atoms with Crippen LogP contribution in [0.2, 0.25) is 0 Å². The Morgan fingerprint density at radius 1 is 1.45 bits per heavy atom. The van der Waals surface area contributed by atoms with Gasteiger partial charge in [-0.05, 0) is 25.0 Å². The van der Waals surface area contributed by atoms with Gasteiger partial charge < -0.3 is 20.7 Å². The molecular weight excluding hydrogens is 258 g/mol. The summed E-state index contributed by atoms with van der Waals surface area (Å²) in [5.41, 5.74) is 8.18. The number of hydrogen-bond acceptors (Lipinski definition) is 4. The number of nitrogens with zero attached hydrogens (tertiary/aromatic N) is 1. The van der Waals surface area contributed by atoms with Crippen molar-refractivity contribution in [2.24, 2.45) is 10.9 Å². The Hall–Kier alpha value is -2.50. The molecule has 0 atom stereocenters. The Labute approximate surface area is 116 Å². The van der Waals surface area contributed by atoms with Crippen molar-refractivity contribution in [1.29, 1.82) is 0 Å². The lowest BCUT2D eigenvalue weighted by Crippen LogP contribution is -2.13. The van der Waals surface area contributed by atoms with Crippen LogP contribution in [0.5, 0.6) is 0 Å². The van der Waals surface area contributed by atoms with Gasteiger partial charge in [-0.2, -0.15) is 0 Å². The van der Waals surface area contributed by atoms with Gasteiger partial charge in [0.1, 0.15) is 0 Å². The molecule has 6 nitrogen and oxygen atoms in total. The number of fused-ring (bicyclic) bond motifs is 1. The fourth-order valence-corrected chi connectivity index (χ4v) is 2.17. The van der Waals surface area contributed by atoms with Crippen molar-refractivity contribution in [2.45, 2.75) is 19.8 Å². The van der Waals surface area contributed by atoms with Crippen LogP contribution in [0.25, 0.3) is 10.9 Å². The first-order chi connectivity index (χ1) is 9.67. The summed E-state index contributed by atoms with van der Waals surface area (Å²) in [6.07, 6.45) is 2.68. The van der Waals surface area contributed by atoms with Crippen molar-refractivity contribution in [2.75, 3.05) is 6.61 Å². The number of aromatic nitrogens is 1. The van der Waals surface area contributed by atoms with Crippen LogP contribution < -0.4 is 5.73 Å². The monoisotopic (exact) mass is 275 g/mol. The zero-order chi connectivity index (χ0) is 14.5. The van der Waals surface area contributed by atoms with Crippen molar-refractivity contribution >= 4 is 22.7 Å². The zero-order valence-corrected chi connectivity index (χ0v) is 11.2. The number of aryl methyl sites for hydroxylation is 1. The number of hydrogen-bond donors (Lipinski definition) is 3. The van der Waals surface area contributed by atoms with Crippen LogP contribution in [0.15, 0.2) is 29.6 Å². The number of oxime groups is 1. The lowest BCUT2D eigenvalue weighted by Gasteiger charge is -2.07. The maximum absolute atomic E-state index is 11.4. The molecule has 0 aliphatic heterocycles. The topological polar surface area (TPSA) is 101 Å².